The third-order valence-corrected chi connectivity index (χ3v) is 5.18. The lowest BCUT2D eigenvalue weighted by Gasteiger charge is -2.16. The predicted molar refractivity (Wildman–Crippen MR) is 99.0 cm³/mol. The molecule has 0 atom stereocenters. The monoisotopic (exact) mass is 339 g/mol. The highest BCUT2D eigenvalue weighted by atomic mass is 32.2. The minimum atomic E-state index is -0.0403. The summed E-state index contributed by atoms with van der Waals surface area (Å²) >= 11 is 1.46. The fourth-order valence-corrected chi connectivity index (χ4v) is 3.77. The molecule has 3 rings (SSSR count). The van der Waals surface area contributed by atoms with E-state index in [0.29, 0.717) is 18.0 Å². The van der Waals surface area contributed by atoms with E-state index in [-0.39, 0.29) is 11.7 Å². The van der Waals surface area contributed by atoms with Crippen LogP contribution in [0.1, 0.15) is 11.1 Å². The number of aliphatic hydroxyl groups is 1. The van der Waals surface area contributed by atoms with E-state index in [1.165, 1.54) is 22.9 Å². The topological polar surface area (TPSA) is 40.5 Å². The van der Waals surface area contributed by atoms with Gasteiger partial charge in [-0.15, -0.1) is 11.8 Å². The molecule has 0 aliphatic carbocycles. The first-order chi connectivity index (χ1) is 11.7. The van der Waals surface area contributed by atoms with Gasteiger partial charge in [0.25, 0.3) is 5.91 Å². The maximum absolute atomic E-state index is 12.5. The summed E-state index contributed by atoms with van der Waals surface area (Å²) in [7, 11) is 0. The number of rotatable bonds is 7. The molecule has 2 aromatic rings. The van der Waals surface area contributed by atoms with Gasteiger partial charge in [-0.25, -0.2) is 0 Å². The third kappa shape index (κ3) is 4.20. The molecule has 4 heteroatoms. The van der Waals surface area contributed by atoms with Gasteiger partial charge in [-0.05, 0) is 24.0 Å². The van der Waals surface area contributed by atoms with Gasteiger partial charge in [0.2, 0.25) is 0 Å². The Morgan fingerprint density at radius 2 is 1.50 bits per heavy atom. The molecule has 24 heavy (non-hydrogen) atoms. The van der Waals surface area contributed by atoms with Gasteiger partial charge in [-0.2, -0.15) is 0 Å². The molecule has 2 aromatic carbocycles. The van der Waals surface area contributed by atoms with Crippen molar-refractivity contribution in [2.24, 2.45) is 0 Å². The summed E-state index contributed by atoms with van der Waals surface area (Å²) in [5, 5.41) is 10.1. The van der Waals surface area contributed by atoms with Crippen LogP contribution < -0.4 is 0 Å². The summed E-state index contributed by atoms with van der Waals surface area (Å²) < 4.78 is 0. The van der Waals surface area contributed by atoms with Gasteiger partial charge in [0.15, 0.2) is 0 Å². The molecule has 0 unspecified atom stereocenters. The number of amides is 1. The molecular formula is C20H21NO2S. The number of hydrogen-bond acceptors (Lipinski definition) is 3. The van der Waals surface area contributed by atoms with Crippen LogP contribution in [0.2, 0.25) is 0 Å². The Labute approximate surface area is 147 Å². The van der Waals surface area contributed by atoms with Gasteiger partial charge in [0, 0.05) is 12.3 Å². The molecule has 0 aromatic heterocycles. The van der Waals surface area contributed by atoms with Crippen molar-refractivity contribution in [2.45, 2.75) is 12.8 Å². The Kier molecular flexibility index (Phi) is 5.59. The summed E-state index contributed by atoms with van der Waals surface area (Å²) in [6.45, 7) is 0.967. The van der Waals surface area contributed by atoms with Crippen LogP contribution in [0.3, 0.4) is 0 Å². The van der Waals surface area contributed by atoms with Crippen LogP contribution >= 0.6 is 11.8 Å². The van der Waals surface area contributed by atoms with Gasteiger partial charge < -0.3 is 10.0 Å². The number of hydrogen-bond donors (Lipinski definition) is 1. The fourth-order valence-electron chi connectivity index (χ4n) is 2.74. The molecule has 3 nitrogen and oxygen atoms in total. The van der Waals surface area contributed by atoms with Gasteiger partial charge in [0.1, 0.15) is 10.7 Å². The zero-order chi connectivity index (χ0) is 16.8. The summed E-state index contributed by atoms with van der Waals surface area (Å²) in [6.07, 6.45) is 1.70. The molecule has 1 heterocycles. The van der Waals surface area contributed by atoms with Gasteiger partial charge >= 0.3 is 0 Å². The maximum Gasteiger partial charge on any atom is 0.264 e. The number of nitrogens with zero attached hydrogens (tertiary/aromatic N) is 1. The molecule has 0 bridgehead atoms. The molecule has 1 aliphatic heterocycles. The second-order valence-electron chi connectivity index (χ2n) is 5.82. The molecule has 1 amide bonds. The summed E-state index contributed by atoms with van der Waals surface area (Å²) in [5.41, 5.74) is 2.45. The van der Waals surface area contributed by atoms with Crippen molar-refractivity contribution in [2.75, 3.05) is 18.8 Å². The highest BCUT2D eigenvalue weighted by Crippen LogP contribution is 2.28. The Hall–Kier alpha value is -2.20. The Morgan fingerprint density at radius 1 is 0.917 bits per heavy atom. The second-order valence-corrected chi connectivity index (χ2v) is 6.93. The lowest BCUT2D eigenvalue weighted by atomic mass is 10.1. The molecule has 1 aliphatic rings. The average molecular weight is 339 g/mol. The first kappa shape index (κ1) is 16.7. The van der Waals surface area contributed by atoms with E-state index in [9.17, 15) is 9.90 Å². The van der Waals surface area contributed by atoms with E-state index < -0.39 is 0 Å². The molecule has 0 saturated carbocycles. The zero-order valence-corrected chi connectivity index (χ0v) is 14.3. The van der Waals surface area contributed by atoms with E-state index in [0.717, 1.165) is 18.6 Å². The number of carbonyl (C=O) groups excluding carboxylic acids is 1. The van der Waals surface area contributed by atoms with Crippen LogP contribution in [0.4, 0.5) is 0 Å². The minimum absolute atomic E-state index is 0.0403. The third-order valence-electron chi connectivity index (χ3n) is 4.08. The minimum Gasteiger partial charge on any atom is -0.509 e. The lowest BCUT2D eigenvalue weighted by Crippen LogP contribution is -2.29. The van der Waals surface area contributed by atoms with Gasteiger partial charge in [0.05, 0.1) is 6.54 Å². The molecule has 0 saturated heterocycles. The Morgan fingerprint density at radius 3 is 2.12 bits per heavy atom. The van der Waals surface area contributed by atoms with Crippen LogP contribution in [-0.4, -0.2) is 34.8 Å². The van der Waals surface area contributed by atoms with E-state index in [2.05, 4.69) is 24.3 Å². The van der Waals surface area contributed by atoms with Crippen molar-refractivity contribution in [3.63, 3.8) is 0 Å². The molecule has 0 fully saturated rings. The average Bonchev–Trinajstić information content (AvgIpc) is 2.89. The van der Waals surface area contributed by atoms with E-state index in [4.69, 9.17) is 0 Å². The predicted octanol–water partition coefficient (Wildman–Crippen LogP) is 3.82. The first-order valence-electron chi connectivity index (χ1n) is 8.16. The van der Waals surface area contributed by atoms with E-state index in [1.807, 2.05) is 36.4 Å². The number of benzene rings is 2. The lowest BCUT2D eigenvalue weighted by molar-refractivity contribution is -0.124. The summed E-state index contributed by atoms with van der Waals surface area (Å²) in [6, 6.07) is 20.3. The highest BCUT2D eigenvalue weighted by molar-refractivity contribution is 8.04. The summed E-state index contributed by atoms with van der Waals surface area (Å²) in [4.78, 5) is 14.7. The van der Waals surface area contributed by atoms with Crippen LogP contribution in [0, 0.1) is 0 Å². The van der Waals surface area contributed by atoms with Crippen LogP contribution in [0.15, 0.2) is 71.3 Å². The second kappa shape index (κ2) is 8.06. The molecule has 124 valence electrons. The molecular weight excluding hydrogens is 318 g/mol. The van der Waals surface area contributed by atoms with Crippen molar-refractivity contribution >= 4 is 17.7 Å². The zero-order valence-electron chi connectivity index (χ0n) is 13.5. The van der Waals surface area contributed by atoms with Crippen LogP contribution in [0.25, 0.3) is 0 Å². The van der Waals surface area contributed by atoms with Crippen molar-refractivity contribution in [3.8, 4) is 0 Å². The Balaban J connectivity index is 1.49. The van der Waals surface area contributed by atoms with E-state index in [1.54, 1.807) is 4.90 Å². The van der Waals surface area contributed by atoms with Crippen molar-refractivity contribution in [1.29, 1.82) is 0 Å². The van der Waals surface area contributed by atoms with Gasteiger partial charge in [-0.1, -0.05) is 60.7 Å². The van der Waals surface area contributed by atoms with Crippen LogP contribution in [0.5, 0.6) is 0 Å². The normalized spacial score (nSPS) is 14.5. The van der Waals surface area contributed by atoms with Crippen molar-refractivity contribution < 1.29 is 9.90 Å². The van der Waals surface area contributed by atoms with E-state index >= 15 is 0 Å². The number of carbonyl (C=O) groups is 1. The maximum atomic E-state index is 12.5. The largest absolute Gasteiger partial charge is 0.509 e. The van der Waals surface area contributed by atoms with Gasteiger partial charge in [-0.3, -0.25) is 4.79 Å². The molecule has 0 spiro atoms. The Bertz CT molecular complexity index is 713. The number of thioether (sulfide) groups is 1. The molecule has 0 radical (unpaired) electrons. The molecule has 1 N–H and O–H groups in total. The van der Waals surface area contributed by atoms with Crippen molar-refractivity contribution in [3.05, 3.63) is 82.5 Å². The standard InChI is InChI=1S/C20H21NO2S/c22-18-15-21(13-11-16-7-3-1-4-8-16)20(23)19(18)24-14-12-17-9-5-2-6-10-17/h1-10,22H,11-15H2. The van der Waals surface area contributed by atoms with Crippen LogP contribution in [-0.2, 0) is 17.6 Å². The SMILES string of the molecule is O=C1C(SCCc2ccccc2)=C(O)CN1CCc1ccccc1. The first-order valence-corrected chi connectivity index (χ1v) is 9.14. The smallest absolute Gasteiger partial charge is 0.264 e. The summed E-state index contributed by atoms with van der Waals surface area (Å²) in [5.74, 6) is 0.967. The fraction of sp³-hybridized carbons (Fsp3) is 0.250. The quantitative estimate of drug-likeness (QED) is 0.834. The van der Waals surface area contributed by atoms with Crippen molar-refractivity contribution in [1.82, 2.24) is 4.90 Å². The highest BCUT2D eigenvalue weighted by Gasteiger charge is 2.30. The number of aliphatic hydroxyl groups excluding tert-OH is 1. The number of aryl methyl sites for hydroxylation is 1.